The van der Waals surface area contributed by atoms with Crippen LogP contribution in [0.5, 0.6) is 0 Å². The van der Waals surface area contributed by atoms with Crippen LogP contribution in [-0.4, -0.2) is 19.7 Å². The topological polar surface area (TPSA) is 63.6 Å². The molecule has 3 aromatic rings. The van der Waals surface area contributed by atoms with Gasteiger partial charge in [0.15, 0.2) is 0 Å². The van der Waals surface area contributed by atoms with E-state index in [-0.39, 0.29) is 5.56 Å². The fraction of sp³-hybridized carbons (Fsp3) is 0.154. The Bertz CT molecular complexity index is 792. The molecule has 6 heteroatoms. The number of aromatic nitrogens is 4. The van der Waals surface area contributed by atoms with Crippen molar-refractivity contribution in [3.8, 4) is 5.82 Å². The van der Waals surface area contributed by atoms with Crippen LogP contribution in [0.1, 0.15) is 12.7 Å². The average molecular weight is 275 g/mol. The summed E-state index contributed by atoms with van der Waals surface area (Å²) >= 11 is 6.11. The highest BCUT2D eigenvalue weighted by molar-refractivity contribution is 6.35. The molecule has 0 saturated heterocycles. The van der Waals surface area contributed by atoms with Gasteiger partial charge in [0.25, 0.3) is 5.56 Å². The summed E-state index contributed by atoms with van der Waals surface area (Å²) < 4.78 is 1.52. The zero-order valence-corrected chi connectivity index (χ0v) is 11.0. The number of fused-ring (bicyclic) bond motifs is 1. The van der Waals surface area contributed by atoms with Crippen molar-refractivity contribution in [2.24, 2.45) is 0 Å². The Morgan fingerprint density at radius 2 is 2.21 bits per heavy atom. The molecule has 5 nitrogen and oxygen atoms in total. The summed E-state index contributed by atoms with van der Waals surface area (Å²) in [4.78, 5) is 17.1. The van der Waals surface area contributed by atoms with Crippen molar-refractivity contribution in [1.29, 1.82) is 0 Å². The number of nitrogens with zero attached hydrogens (tertiary/aromatic N) is 3. The zero-order chi connectivity index (χ0) is 13.4. The van der Waals surface area contributed by atoms with Gasteiger partial charge in [-0.05, 0) is 12.1 Å². The SMILES string of the molecule is CCc1nc2cccc(Cl)c2c(=O)n1-c1ccn[nH]1. The lowest BCUT2D eigenvalue weighted by Crippen LogP contribution is -2.24. The van der Waals surface area contributed by atoms with Crippen molar-refractivity contribution in [2.75, 3.05) is 0 Å². The smallest absolute Gasteiger partial charge is 0.268 e. The van der Waals surface area contributed by atoms with Crippen molar-refractivity contribution in [3.63, 3.8) is 0 Å². The molecule has 96 valence electrons. The molecule has 1 aromatic carbocycles. The van der Waals surface area contributed by atoms with E-state index >= 15 is 0 Å². The second kappa shape index (κ2) is 4.51. The molecular formula is C13H11ClN4O. The molecule has 0 fully saturated rings. The molecule has 2 aromatic heterocycles. The molecule has 0 bridgehead atoms. The number of nitrogens with one attached hydrogen (secondary N) is 1. The third kappa shape index (κ3) is 1.82. The van der Waals surface area contributed by atoms with E-state index in [0.717, 1.165) is 0 Å². The van der Waals surface area contributed by atoms with Crippen LogP contribution in [0.25, 0.3) is 16.7 Å². The van der Waals surface area contributed by atoms with Gasteiger partial charge in [0.1, 0.15) is 11.6 Å². The van der Waals surface area contributed by atoms with Crippen molar-refractivity contribution in [2.45, 2.75) is 13.3 Å². The van der Waals surface area contributed by atoms with Gasteiger partial charge >= 0.3 is 0 Å². The maximum atomic E-state index is 12.6. The van der Waals surface area contributed by atoms with E-state index in [1.807, 2.05) is 6.92 Å². The van der Waals surface area contributed by atoms with E-state index in [0.29, 0.717) is 34.0 Å². The lowest BCUT2D eigenvalue weighted by atomic mass is 10.2. The normalized spacial score (nSPS) is 11.1. The van der Waals surface area contributed by atoms with Gasteiger partial charge in [-0.3, -0.25) is 9.89 Å². The molecule has 0 aliphatic rings. The van der Waals surface area contributed by atoms with Gasteiger partial charge in [-0.25, -0.2) is 9.55 Å². The Labute approximate surface area is 113 Å². The van der Waals surface area contributed by atoms with Crippen LogP contribution >= 0.6 is 11.6 Å². The Kier molecular flexibility index (Phi) is 2.83. The van der Waals surface area contributed by atoms with Crippen molar-refractivity contribution >= 4 is 22.5 Å². The molecule has 1 N–H and O–H groups in total. The standard InChI is InChI=1S/C13H11ClN4O/c1-2-10-16-9-5-3-4-8(14)12(9)13(19)18(10)11-6-7-15-17-11/h3-7H,2H2,1H3,(H,15,17). The van der Waals surface area contributed by atoms with Gasteiger partial charge < -0.3 is 0 Å². The van der Waals surface area contributed by atoms with Gasteiger partial charge in [-0.2, -0.15) is 5.10 Å². The van der Waals surface area contributed by atoms with Gasteiger partial charge in [-0.1, -0.05) is 24.6 Å². The molecule has 0 radical (unpaired) electrons. The number of H-pyrrole nitrogens is 1. The first kappa shape index (κ1) is 11.9. The lowest BCUT2D eigenvalue weighted by molar-refractivity contribution is 0.806. The monoisotopic (exact) mass is 274 g/mol. The number of hydrogen-bond acceptors (Lipinski definition) is 3. The second-order valence-electron chi connectivity index (χ2n) is 4.10. The fourth-order valence-electron chi connectivity index (χ4n) is 2.09. The van der Waals surface area contributed by atoms with E-state index in [2.05, 4.69) is 15.2 Å². The van der Waals surface area contributed by atoms with Crippen LogP contribution in [0.3, 0.4) is 0 Å². The summed E-state index contributed by atoms with van der Waals surface area (Å²) in [6.07, 6.45) is 2.23. The van der Waals surface area contributed by atoms with E-state index in [1.165, 1.54) is 4.57 Å². The number of aryl methyl sites for hydroxylation is 1. The van der Waals surface area contributed by atoms with Gasteiger partial charge in [-0.15, -0.1) is 0 Å². The molecule has 0 amide bonds. The lowest BCUT2D eigenvalue weighted by Gasteiger charge is -2.10. The summed E-state index contributed by atoms with van der Waals surface area (Å²) in [7, 11) is 0. The first-order valence-electron chi connectivity index (χ1n) is 5.92. The van der Waals surface area contributed by atoms with Crippen LogP contribution < -0.4 is 5.56 Å². The largest absolute Gasteiger partial charge is 0.268 e. The van der Waals surface area contributed by atoms with E-state index in [4.69, 9.17) is 11.6 Å². The molecule has 0 aliphatic heterocycles. The fourth-order valence-corrected chi connectivity index (χ4v) is 2.34. The van der Waals surface area contributed by atoms with Gasteiger partial charge in [0.05, 0.1) is 22.1 Å². The minimum Gasteiger partial charge on any atom is -0.268 e. The minimum atomic E-state index is -0.184. The Hall–Kier alpha value is -2.14. The maximum Gasteiger partial charge on any atom is 0.268 e. The van der Waals surface area contributed by atoms with Crippen LogP contribution in [0.2, 0.25) is 5.02 Å². The number of benzene rings is 1. The third-order valence-corrected chi connectivity index (χ3v) is 3.27. The highest BCUT2D eigenvalue weighted by Crippen LogP contribution is 2.19. The van der Waals surface area contributed by atoms with Crippen LogP contribution in [0.4, 0.5) is 0 Å². The van der Waals surface area contributed by atoms with E-state index in [9.17, 15) is 4.79 Å². The first-order chi connectivity index (χ1) is 9.22. The Balaban J connectivity index is 2.47. The molecule has 2 heterocycles. The predicted octanol–water partition coefficient (Wildman–Crippen LogP) is 2.32. The highest BCUT2D eigenvalue weighted by atomic mass is 35.5. The number of hydrogen-bond donors (Lipinski definition) is 1. The summed E-state index contributed by atoms with van der Waals surface area (Å²) in [5, 5.41) is 7.49. The quantitative estimate of drug-likeness (QED) is 0.780. The summed E-state index contributed by atoms with van der Waals surface area (Å²) in [5.74, 6) is 1.26. The van der Waals surface area contributed by atoms with Crippen LogP contribution in [0.15, 0.2) is 35.3 Å². The molecular weight excluding hydrogens is 264 g/mol. The maximum absolute atomic E-state index is 12.6. The molecule has 0 aliphatic carbocycles. The molecule has 0 unspecified atom stereocenters. The van der Waals surface area contributed by atoms with Gasteiger partial charge in [0, 0.05) is 12.5 Å². The number of rotatable bonds is 2. The Morgan fingerprint density at radius 3 is 2.89 bits per heavy atom. The minimum absolute atomic E-state index is 0.184. The summed E-state index contributed by atoms with van der Waals surface area (Å²) in [6, 6.07) is 7.00. The first-order valence-corrected chi connectivity index (χ1v) is 6.30. The van der Waals surface area contributed by atoms with Gasteiger partial charge in [0.2, 0.25) is 0 Å². The summed E-state index contributed by atoms with van der Waals surface area (Å²) in [6.45, 7) is 1.95. The summed E-state index contributed by atoms with van der Waals surface area (Å²) in [5.41, 5.74) is 0.432. The predicted molar refractivity (Wildman–Crippen MR) is 73.9 cm³/mol. The third-order valence-electron chi connectivity index (χ3n) is 2.96. The van der Waals surface area contributed by atoms with Crippen LogP contribution in [0, 0.1) is 0 Å². The molecule has 0 saturated carbocycles. The molecule has 3 rings (SSSR count). The van der Waals surface area contributed by atoms with Crippen molar-refractivity contribution in [3.05, 3.63) is 51.7 Å². The number of halogens is 1. The molecule has 0 spiro atoms. The second-order valence-corrected chi connectivity index (χ2v) is 4.51. The van der Waals surface area contributed by atoms with E-state index in [1.54, 1.807) is 30.5 Å². The highest BCUT2D eigenvalue weighted by Gasteiger charge is 2.14. The van der Waals surface area contributed by atoms with E-state index < -0.39 is 0 Å². The number of aromatic amines is 1. The van der Waals surface area contributed by atoms with Crippen molar-refractivity contribution in [1.82, 2.24) is 19.7 Å². The zero-order valence-electron chi connectivity index (χ0n) is 10.2. The average Bonchev–Trinajstić information content (AvgIpc) is 2.91. The Morgan fingerprint density at radius 1 is 1.37 bits per heavy atom. The molecule has 0 atom stereocenters. The van der Waals surface area contributed by atoms with Crippen molar-refractivity contribution < 1.29 is 0 Å². The molecule has 19 heavy (non-hydrogen) atoms. The van der Waals surface area contributed by atoms with Crippen LogP contribution in [-0.2, 0) is 6.42 Å².